The molecule has 0 saturated carbocycles. The molecule has 102 valence electrons. The van der Waals surface area contributed by atoms with Crippen molar-refractivity contribution in [2.75, 3.05) is 7.11 Å². The Morgan fingerprint density at radius 1 is 1.16 bits per heavy atom. The van der Waals surface area contributed by atoms with Crippen LogP contribution in [-0.2, 0) is 0 Å². The van der Waals surface area contributed by atoms with E-state index in [-0.39, 0.29) is 12.1 Å². The maximum absolute atomic E-state index is 5.17. The summed E-state index contributed by atoms with van der Waals surface area (Å²) in [6.45, 7) is 6.40. The first kappa shape index (κ1) is 14.0. The normalized spacial score (nSPS) is 14.1. The van der Waals surface area contributed by atoms with Crippen molar-refractivity contribution in [2.45, 2.75) is 32.9 Å². The molecule has 0 bridgehead atoms. The van der Waals surface area contributed by atoms with Crippen LogP contribution in [0.5, 0.6) is 5.75 Å². The highest BCUT2D eigenvalue weighted by atomic mass is 32.1. The molecule has 0 amide bonds. The topological polar surface area (TPSA) is 34.1 Å². The summed E-state index contributed by atoms with van der Waals surface area (Å²) >= 11 is 1.75. The van der Waals surface area contributed by atoms with Gasteiger partial charge in [0, 0.05) is 17.1 Å². The van der Waals surface area contributed by atoms with Crippen molar-refractivity contribution in [2.24, 2.45) is 0 Å². The van der Waals surface area contributed by atoms with E-state index in [1.165, 1.54) is 10.4 Å². The molecule has 1 heterocycles. The van der Waals surface area contributed by atoms with Crippen LogP contribution in [0.4, 0.5) is 0 Å². The zero-order valence-electron chi connectivity index (χ0n) is 11.8. The molecule has 2 unspecified atom stereocenters. The third-order valence-corrected chi connectivity index (χ3v) is 4.22. The van der Waals surface area contributed by atoms with Crippen LogP contribution in [0.2, 0.25) is 0 Å². The lowest BCUT2D eigenvalue weighted by molar-refractivity contribution is 0.414. The van der Waals surface area contributed by atoms with Gasteiger partial charge in [0.2, 0.25) is 0 Å². The molecule has 2 rings (SSSR count). The second-order valence-electron chi connectivity index (χ2n) is 4.69. The van der Waals surface area contributed by atoms with Gasteiger partial charge in [-0.1, -0.05) is 12.1 Å². The minimum absolute atomic E-state index is 0.260. The number of hydrogen-bond acceptors (Lipinski definition) is 4. The summed E-state index contributed by atoms with van der Waals surface area (Å²) in [6, 6.07) is 8.71. The summed E-state index contributed by atoms with van der Waals surface area (Å²) < 4.78 is 5.17. The van der Waals surface area contributed by atoms with Crippen molar-refractivity contribution >= 4 is 11.3 Å². The van der Waals surface area contributed by atoms with Crippen molar-refractivity contribution in [1.82, 2.24) is 10.3 Å². The third-order valence-electron chi connectivity index (χ3n) is 3.13. The Kier molecular flexibility index (Phi) is 4.56. The van der Waals surface area contributed by atoms with Crippen molar-refractivity contribution < 1.29 is 4.74 Å². The summed E-state index contributed by atoms with van der Waals surface area (Å²) in [5.41, 5.74) is 1.25. The first-order valence-corrected chi connectivity index (χ1v) is 7.24. The van der Waals surface area contributed by atoms with Gasteiger partial charge in [-0.3, -0.25) is 0 Å². The van der Waals surface area contributed by atoms with Gasteiger partial charge in [0.25, 0.3) is 0 Å². The molecule has 0 spiro atoms. The number of aryl methyl sites for hydroxylation is 1. The largest absolute Gasteiger partial charge is 0.497 e. The average Bonchev–Trinajstić information content (AvgIpc) is 2.85. The molecule has 1 N–H and O–H groups in total. The van der Waals surface area contributed by atoms with E-state index >= 15 is 0 Å². The van der Waals surface area contributed by atoms with E-state index in [1.54, 1.807) is 18.4 Å². The summed E-state index contributed by atoms with van der Waals surface area (Å²) in [4.78, 5) is 5.68. The van der Waals surface area contributed by atoms with Gasteiger partial charge in [-0.15, -0.1) is 11.3 Å². The van der Waals surface area contributed by atoms with E-state index in [2.05, 4.69) is 43.2 Å². The summed E-state index contributed by atoms with van der Waals surface area (Å²) in [7, 11) is 1.68. The van der Waals surface area contributed by atoms with Crippen LogP contribution in [0.3, 0.4) is 0 Å². The minimum atomic E-state index is 0.260. The summed E-state index contributed by atoms with van der Waals surface area (Å²) in [5.74, 6) is 0.888. The lowest BCUT2D eigenvalue weighted by Gasteiger charge is -2.19. The van der Waals surface area contributed by atoms with Crippen molar-refractivity contribution in [1.29, 1.82) is 0 Å². The Labute approximate surface area is 118 Å². The highest BCUT2D eigenvalue weighted by molar-refractivity contribution is 7.11. The van der Waals surface area contributed by atoms with Crippen LogP contribution in [0, 0.1) is 6.92 Å². The molecule has 3 nitrogen and oxygen atoms in total. The summed E-state index contributed by atoms with van der Waals surface area (Å²) in [5, 5.41) is 4.71. The maximum atomic E-state index is 5.17. The number of thiazole rings is 1. The molecule has 0 saturated heterocycles. The molecule has 19 heavy (non-hydrogen) atoms. The predicted octanol–water partition coefficient (Wildman–Crippen LogP) is 3.87. The van der Waals surface area contributed by atoms with Gasteiger partial charge in [-0.05, 0) is 38.5 Å². The average molecular weight is 276 g/mol. The number of ether oxygens (including phenoxy) is 1. The number of methoxy groups -OCH3 is 1. The molecular formula is C15H20N2OS. The van der Waals surface area contributed by atoms with Crippen LogP contribution in [0.15, 0.2) is 30.5 Å². The monoisotopic (exact) mass is 276 g/mol. The quantitative estimate of drug-likeness (QED) is 0.900. The van der Waals surface area contributed by atoms with Gasteiger partial charge in [-0.2, -0.15) is 0 Å². The van der Waals surface area contributed by atoms with E-state index in [1.807, 2.05) is 18.3 Å². The van der Waals surface area contributed by atoms with Gasteiger partial charge in [-0.25, -0.2) is 4.98 Å². The fraction of sp³-hybridized carbons (Fsp3) is 0.400. The zero-order valence-corrected chi connectivity index (χ0v) is 12.6. The van der Waals surface area contributed by atoms with Gasteiger partial charge in [0.1, 0.15) is 10.8 Å². The predicted molar refractivity (Wildman–Crippen MR) is 79.8 cm³/mol. The Bertz CT molecular complexity index is 521. The number of nitrogens with zero attached hydrogens (tertiary/aromatic N) is 1. The van der Waals surface area contributed by atoms with E-state index in [4.69, 9.17) is 4.74 Å². The highest BCUT2D eigenvalue weighted by Crippen LogP contribution is 2.23. The molecule has 0 aliphatic heterocycles. The van der Waals surface area contributed by atoms with Gasteiger partial charge < -0.3 is 10.1 Å². The smallest absolute Gasteiger partial charge is 0.118 e. The molecule has 2 atom stereocenters. The lowest BCUT2D eigenvalue weighted by Crippen LogP contribution is -2.22. The minimum Gasteiger partial charge on any atom is -0.497 e. The number of rotatable bonds is 5. The van der Waals surface area contributed by atoms with E-state index in [0.29, 0.717) is 0 Å². The molecule has 2 aromatic rings. The third kappa shape index (κ3) is 3.55. The molecule has 0 fully saturated rings. The SMILES string of the molecule is COc1ccc(C(C)NC(C)c2ncc(C)s2)cc1. The number of nitrogens with one attached hydrogen (secondary N) is 1. The van der Waals surface area contributed by atoms with E-state index in [0.717, 1.165) is 10.8 Å². The van der Waals surface area contributed by atoms with Gasteiger partial charge in [0.15, 0.2) is 0 Å². The van der Waals surface area contributed by atoms with E-state index < -0.39 is 0 Å². The van der Waals surface area contributed by atoms with Crippen molar-refractivity contribution in [3.05, 3.63) is 45.9 Å². The fourth-order valence-corrected chi connectivity index (χ4v) is 2.79. The molecule has 4 heteroatoms. The zero-order chi connectivity index (χ0) is 13.8. The van der Waals surface area contributed by atoms with Gasteiger partial charge in [0.05, 0.1) is 13.2 Å². The standard InChI is InChI=1S/C15H20N2OS/c1-10-9-16-15(19-10)12(3)17-11(2)13-5-7-14(18-4)8-6-13/h5-9,11-12,17H,1-4H3. The van der Waals surface area contributed by atoms with Gasteiger partial charge >= 0.3 is 0 Å². The fourth-order valence-electron chi connectivity index (χ4n) is 2.01. The molecule has 0 aliphatic rings. The van der Waals surface area contributed by atoms with Crippen LogP contribution in [0.1, 0.15) is 41.4 Å². The number of aromatic nitrogens is 1. The van der Waals surface area contributed by atoms with Crippen LogP contribution in [-0.4, -0.2) is 12.1 Å². The Morgan fingerprint density at radius 2 is 1.84 bits per heavy atom. The Hall–Kier alpha value is -1.39. The second kappa shape index (κ2) is 6.17. The van der Waals surface area contributed by atoms with Crippen LogP contribution < -0.4 is 10.1 Å². The molecule has 1 aromatic heterocycles. The van der Waals surface area contributed by atoms with Crippen LogP contribution in [0.25, 0.3) is 0 Å². The number of benzene rings is 1. The van der Waals surface area contributed by atoms with Crippen molar-refractivity contribution in [3.63, 3.8) is 0 Å². The first-order chi connectivity index (χ1) is 9.10. The number of hydrogen-bond donors (Lipinski definition) is 1. The molecule has 0 radical (unpaired) electrons. The maximum Gasteiger partial charge on any atom is 0.118 e. The van der Waals surface area contributed by atoms with Crippen molar-refractivity contribution in [3.8, 4) is 5.75 Å². The highest BCUT2D eigenvalue weighted by Gasteiger charge is 2.13. The second-order valence-corrected chi connectivity index (χ2v) is 5.96. The van der Waals surface area contributed by atoms with Crippen LogP contribution >= 0.6 is 11.3 Å². The first-order valence-electron chi connectivity index (χ1n) is 6.42. The Balaban J connectivity index is 2.01. The molecule has 0 aliphatic carbocycles. The summed E-state index contributed by atoms with van der Waals surface area (Å²) in [6.07, 6.45) is 1.93. The lowest BCUT2D eigenvalue weighted by atomic mass is 10.1. The molecule has 1 aromatic carbocycles. The Morgan fingerprint density at radius 3 is 2.37 bits per heavy atom. The van der Waals surface area contributed by atoms with E-state index in [9.17, 15) is 0 Å². The molecular weight excluding hydrogens is 256 g/mol.